The number of hydrogen-bond donors (Lipinski definition) is 0. The molecule has 14 heavy (non-hydrogen) atoms. The monoisotopic (exact) mass is 184 g/mol. The van der Waals surface area contributed by atoms with Gasteiger partial charge in [0.25, 0.3) is 0 Å². The summed E-state index contributed by atoms with van der Waals surface area (Å²) < 4.78 is 1.80. The highest BCUT2D eigenvalue weighted by Gasteiger charge is 2.02. The summed E-state index contributed by atoms with van der Waals surface area (Å²) in [7, 11) is 1.92. The van der Waals surface area contributed by atoms with Crippen molar-refractivity contribution >= 4 is 6.08 Å². The first-order valence-corrected chi connectivity index (χ1v) is 4.52. The van der Waals surface area contributed by atoms with Gasteiger partial charge in [0.05, 0.1) is 6.20 Å². The van der Waals surface area contributed by atoms with Gasteiger partial charge in [-0.1, -0.05) is 36.9 Å². The van der Waals surface area contributed by atoms with E-state index in [1.807, 2.05) is 37.7 Å². The lowest BCUT2D eigenvalue weighted by atomic mass is 10.0. The molecule has 2 rings (SSSR count). The number of benzene rings is 1. The van der Waals surface area contributed by atoms with Gasteiger partial charge in [-0.25, -0.2) is 0 Å². The standard InChI is InChI=1S/C12H12N2/c1-3-10-6-4-5-7-12(10)11-8-13-14(2)9-11/h3-9H,1H2,2H3. The number of rotatable bonds is 2. The first-order valence-electron chi connectivity index (χ1n) is 4.52. The summed E-state index contributed by atoms with van der Waals surface area (Å²) in [5.41, 5.74) is 3.44. The van der Waals surface area contributed by atoms with Gasteiger partial charge in [0.15, 0.2) is 0 Å². The highest BCUT2D eigenvalue weighted by atomic mass is 15.2. The predicted molar refractivity (Wildman–Crippen MR) is 58.7 cm³/mol. The Balaban J connectivity index is 2.55. The van der Waals surface area contributed by atoms with Crippen molar-refractivity contribution in [2.45, 2.75) is 0 Å². The topological polar surface area (TPSA) is 17.8 Å². The minimum atomic E-state index is 1.13. The summed E-state index contributed by atoms with van der Waals surface area (Å²) in [4.78, 5) is 0. The van der Waals surface area contributed by atoms with Crippen molar-refractivity contribution in [3.8, 4) is 11.1 Å². The highest BCUT2D eigenvalue weighted by Crippen LogP contribution is 2.23. The Morgan fingerprint density at radius 1 is 1.36 bits per heavy atom. The van der Waals surface area contributed by atoms with E-state index in [1.165, 1.54) is 5.56 Å². The summed E-state index contributed by atoms with van der Waals surface area (Å²) in [6.07, 6.45) is 5.73. The fourth-order valence-electron chi connectivity index (χ4n) is 1.50. The van der Waals surface area contributed by atoms with Crippen LogP contribution in [0.15, 0.2) is 43.2 Å². The Kier molecular flexibility index (Phi) is 2.19. The predicted octanol–water partition coefficient (Wildman–Crippen LogP) is 2.73. The van der Waals surface area contributed by atoms with Crippen molar-refractivity contribution in [1.82, 2.24) is 9.78 Å². The van der Waals surface area contributed by atoms with E-state index in [0.717, 1.165) is 11.1 Å². The normalized spacial score (nSPS) is 10.1. The second-order valence-electron chi connectivity index (χ2n) is 3.19. The molecule has 0 bridgehead atoms. The summed E-state index contributed by atoms with van der Waals surface area (Å²) in [5, 5.41) is 4.15. The Labute approximate surface area is 83.5 Å². The summed E-state index contributed by atoms with van der Waals surface area (Å²) in [6.45, 7) is 3.80. The molecule has 0 aliphatic rings. The van der Waals surface area contributed by atoms with E-state index in [2.05, 4.69) is 23.8 Å². The van der Waals surface area contributed by atoms with Crippen LogP contribution in [0.1, 0.15) is 5.56 Å². The second kappa shape index (κ2) is 3.50. The molecule has 0 atom stereocenters. The molecule has 0 saturated heterocycles. The first-order chi connectivity index (χ1) is 6.81. The second-order valence-corrected chi connectivity index (χ2v) is 3.19. The van der Waals surface area contributed by atoms with E-state index < -0.39 is 0 Å². The van der Waals surface area contributed by atoms with Crippen LogP contribution >= 0.6 is 0 Å². The molecule has 0 aliphatic carbocycles. The zero-order chi connectivity index (χ0) is 9.97. The molecule has 1 aromatic carbocycles. The van der Waals surface area contributed by atoms with Crippen LogP contribution in [0.5, 0.6) is 0 Å². The minimum Gasteiger partial charge on any atom is -0.275 e. The van der Waals surface area contributed by atoms with Gasteiger partial charge in [0.2, 0.25) is 0 Å². The Morgan fingerprint density at radius 3 is 2.79 bits per heavy atom. The van der Waals surface area contributed by atoms with E-state index in [9.17, 15) is 0 Å². The van der Waals surface area contributed by atoms with Crippen LogP contribution in [0.25, 0.3) is 17.2 Å². The quantitative estimate of drug-likeness (QED) is 0.701. The molecule has 0 unspecified atom stereocenters. The van der Waals surface area contributed by atoms with Gasteiger partial charge in [-0.2, -0.15) is 5.10 Å². The van der Waals surface area contributed by atoms with Gasteiger partial charge < -0.3 is 0 Å². The van der Waals surface area contributed by atoms with E-state index >= 15 is 0 Å². The Morgan fingerprint density at radius 2 is 2.14 bits per heavy atom. The minimum absolute atomic E-state index is 1.13. The van der Waals surface area contributed by atoms with Gasteiger partial charge in [0.1, 0.15) is 0 Å². The van der Waals surface area contributed by atoms with Gasteiger partial charge in [-0.05, 0) is 11.1 Å². The zero-order valence-corrected chi connectivity index (χ0v) is 8.14. The van der Waals surface area contributed by atoms with Crippen molar-refractivity contribution in [1.29, 1.82) is 0 Å². The van der Waals surface area contributed by atoms with Crippen LogP contribution in [0.4, 0.5) is 0 Å². The lowest BCUT2D eigenvalue weighted by Crippen LogP contribution is -1.84. The third-order valence-electron chi connectivity index (χ3n) is 2.20. The molecule has 0 fully saturated rings. The lowest BCUT2D eigenvalue weighted by Gasteiger charge is -2.01. The number of hydrogen-bond acceptors (Lipinski definition) is 1. The van der Waals surface area contributed by atoms with Crippen LogP contribution in [0.3, 0.4) is 0 Å². The summed E-state index contributed by atoms with van der Waals surface area (Å²) in [6, 6.07) is 8.16. The molecule has 0 amide bonds. The smallest absolute Gasteiger partial charge is 0.0568 e. The number of nitrogens with zero attached hydrogens (tertiary/aromatic N) is 2. The molecule has 1 heterocycles. The average molecular weight is 184 g/mol. The Hall–Kier alpha value is -1.83. The van der Waals surface area contributed by atoms with Crippen LogP contribution < -0.4 is 0 Å². The molecule has 2 nitrogen and oxygen atoms in total. The summed E-state index contributed by atoms with van der Waals surface area (Å²) >= 11 is 0. The average Bonchev–Trinajstić information content (AvgIpc) is 2.65. The zero-order valence-electron chi connectivity index (χ0n) is 8.14. The fraction of sp³-hybridized carbons (Fsp3) is 0.0833. The van der Waals surface area contributed by atoms with Crippen LogP contribution in [-0.4, -0.2) is 9.78 Å². The van der Waals surface area contributed by atoms with E-state index in [4.69, 9.17) is 0 Å². The maximum atomic E-state index is 4.15. The summed E-state index contributed by atoms with van der Waals surface area (Å²) in [5.74, 6) is 0. The van der Waals surface area contributed by atoms with Gasteiger partial charge in [-0.3, -0.25) is 4.68 Å². The molecule has 0 spiro atoms. The van der Waals surface area contributed by atoms with E-state index in [0.29, 0.717) is 0 Å². The van der Waals surface area contributed by atoms with Crippen LogP contribution in [0, 0.1) is 0 Å². The first kappa shape index (κ1) is 8.75. The molecule has 0 N–H and O–H groups in total. The highest BCUT2D eigenvalue weighted by molar-refractivity contribution is 5.73. The fourth-order valence-corrected chi connectivity index (χ4v) is 1.50. The van der Waals surface area contributed by atoms with Crippen molar-refractivity contribution in [2.75, 3.05) is 0 Å². The molecule has 2 heteroatoms. The third-order valence-corrected chi connectivity index (χ3v) is 2.20. The maximum Gasteiger partial charge on any atom is 0.0568 e. The van der Waals surface area contributed by atoms with Gasteiger partial charge in [-0.15, -0.1) is 0 Å². The number of aryl methyl sites for hydroxylation is 1. The molecule has 1 aromatic heterocycles. The molecular formula is C12H12N2. The van der Waals surface area contributed by atoms with Crippen molar-refractivity contribution < 1.29 is 0 Å². The largest absolute Gasteiger partial charge is 0.275 e. The molecule has 0 saturated carbocycles. The molecule has 0 radical (unpaired) electrons. The number of aromatic nitrogens is 2. The molecule has 70 valence electrons. The van der Waals surface area contributed by atoms with Crippen LogP contribution in [0.2, 0.25) is 0 Å². The molecule has 2 aromatic rings. The van der Waals surface area contributed by atoms with Crippen molar-refractivity contribution in [2.24, 2.45) is 7.05 Å². The van der Waals surface area contributed by atoms with Crippen LogP contribution in [-0.2, 0) is 7.05 Å². The van der Waals surface area contributed by atoms with E-state index in [1.54, 1.807) is 4.68 Å². The Bertz CT molecular complexity index is 455. The van der Waals surface area contributed by atoms with Gasteiger partial charge >= 0.3 is 0 Å². The van der Waals surface area contributed by atoms with E-state index in [-0.39, 0.29) is 0 Å². The maximum absolute atomic E-state index is 4.15. The lowest BCUT2D eigenvalue weighted by molar-refractivity contribution is 0.768. The van der Waals surface area contributed by atoms with Crippen molar-refractivity contribution in [3.63, 3.8) is 0 Å². The SMILES string of the molecule is C=Cc1ccccc1-c1cnn(C)c1. The van der Waals surface area contributed by atoms with Crippen molar-refractivity contribution in [3.05, 3.63) is 48.8 Å². The molecular weight excluding hydrogens is 172 g/mol. The molecule has 0 aliphatic heterocycles. The van der Waals surface area contributed by atoms with Gasteiger partial charge in [0, 0.05) is 18.8 Å². The third kappa shape index (κ3) is 1.46.